The summed E-state index contributed by atoms with van der Waals surface area (Å²) >= 11 is 0.619. The molecule has 1 heterocycles. The van der Waals surface area contributed by atoms with E-state index in [1.54, 1.807) is 13.8 Å². The molecule has 1 saturated heterocycles. The van der Waals surface area contributed by atoms with Crippen molar-refractivity contribution in [2.45, 2.75) is 75.7 Å². The molecular weight excluding hydrogens is 428 g/mol. The Morgan fingerprint density at radius 2 is 1.97 bits per heavy atom. The van der Waals surface area contributed by atoms with E-state index in [1.165, 1.54) is 0 Å². The van der Waals surface area contributed by atoms with Crippen molar-refractivity contribution >= 4 is 30.0 Å². The fourth-order valence-corrected chi connectivity index (χ4v) is 6.37. The highest BCUT2D eigenvalue weighted by Gasteiger charge is 2.69. The van der Waals surface area contributed by atoms with Gasteiger partial charge < -0.3 is 14.2 Å². The first kappa shape index (κ1) is 22.8. The summed E-state index contributed by atoms with van der Waals surface area (Å²) in [6.45, 7) is 5.21. The topological polar surface area (TPSA) is 118 Å². The summed E-state index contributed by atoms with van der Waals surface area (Å²) in [5.41, 5.74) is -0.418. The van der Waals surface area contributed by atoms with Gasteiger partial charge in [0.1, 0.15) is 16.5 Å². The normalized spacial score (nSPS) is 35.3. The molecule has 6 unspecified atom stereocenters. The maximum Gasteiger partial charge on any atom is 0.324 e. The minimum atomic E-state index is -1.12. The van der Waals surface area contributed by atoms with Crippen molar-refractivity contribution in [3.05, 3.63) is 0 Å². The Labute approximate surface area is 185 Å². The molecule has 10 heteroatoms. The van der Waals surface area contributed by atoms with Crippen LogP contribution in [0.3, 0.4) is 0 Å². The van der Waals surface area contributed by atoms with E-state index in [0.29, 0.717) is 18.5 Å². The van der Waals surface area contributed by atoms with Crippen LogP contribution in [0.15, 0.2) is 0 Å². The Morgan fingerprint density at radius 3 is 2.61 bits per heavy atom. The zero-order valence-corrected chi connectivity index (χ0v) is 18.9. The lowest BCUT2D eigenvalue weighted by atomic mass is 9.74. The van der Waals surface area contributed by atoms with Gasteiger partial charge in [-0.1, -0.05) is 12.0 Å². The molecule has 0 spiro atoms. The number of ether oxygens (including phenoxy) is 3. The predicted octanol–water partition coefficient (Wildman–Crippen LogP) is 3.07. The molecule has 3 aliphatic carbocycles. The molecule has 4 rings (SSSR count). The molecule has 0 amide bonds. The van der Waals surface area contributed by atoms with Crippen LogP contribution in [-0.4, -0.2) is 46.2 Å². The second kappa shape index (κ2) is 8.53. The van der Waals surface area contributed by atoms with Crippen LogP contribution in [0.4, 0.5) is 0 Å². The average molecular weight is 459 g/mol. The molecule has 6 atom stereocenters. The fraction of sp³-hybridized carbons (Fsp3) is 0.857. The van der Waals surface area contributed by atoms with E-state index in [4.69, 9.17) is 19.5 Å². The van der Waals surface area contributed by atoms with E-state index < -0.39 is 28.2 Å². The van der Waals surface area contributed by atoms with Gasteiger partial charge in [0.2, 0.25) is 0 Å². The standard InChI is InChI=1S/C21H30O9S/c1-4-21(7-5-6-8-21)28-18(23)14-11-9-12-15(14)17(22)27-16(12)13(11)10-26-19(24)20(2,3)31-30-29-25/h11-16,25H,4-10H2,1-3H3. The lowest BCUT2D eigenvalue weighted by Crippen LogP contribution is -2.44. The number of hydrogen-bond acceptors (Lipinski definition) is 10. The first-order valence-electron chi connectivity index (χ1n) is 11.0. The Bertz CT molecular complexity index is 732. The monoisotopic (exact) mass is 458 g/mol. The molecule has 1 N–H and O–H groups in total. The van der Waals surface area contributed by atoms with Gasteiger partial charge in [0.15, 0.2) is 0 Å². The molecule has 4 fully saturated rings. The summed E-state index contributed by atoms with van der Waals surface area (Å²) in [4.78, 5) is 38.3. The van der Waals surface area contributed by atoms with E-state index in [1.807, 2.05) is 6.92 Å². The van der Waals surface area contributed by atoms with Gasteiger partial charge in [-0.3, -0.25) is 14.4 Å². The lowest BCUT2D eigenvalue weighted by molar-refractivity contribution is -0.432. The molecular formula is C21H30O9S. The van der Waals surface area contributed by atoms with Gasteiger partial charge in [0, 0.05) is 11.8 Å². The maximum atomic E-state index is 13.3. The van der Waals surface area contributed by atoms with Crippen molar-refractivity contribution in [2.24, 2.45) is 29.6 Å². The summed E-state index contributed by atoms with van der Waals surface area (Å²) in [6.07, 6.45) is 4.94. The number of carbonyl (C=O) groups is 3. The summed E-state index contributed by atoms with van der Waals surface area (Å²) in [6, 6.07) is 0. The molecule has 174 valence electrons. The average Bonchev–Trinajstić information content (AvgIpc) is 3.47. The molecule has 1 aliphatic heterocycles. The second-order valence-electron chi connectivity index (χ2n) is 9.68. The minimum Gasteiger partial charge on any atom is -0.464 e. The number of esters is 3. The summed E-state index contributed by atoms with van der Waals surface area (Å²) in [7, 11) is 0. The Kier molecular flexibility index (Phi) is 6.28. The molecule has 0 aromatic rings. The van der Waals surface area contributed by atoms with E-state index in [9.17, 15) is 14.4 Å². The molecule has 9 nitrogen and oxygen atoms in total. The molecule has 31 heavy (non-hydrogen) atoms. The lowest BCUT2D eigenvalue weighted by Gasteiger charge is -2.34. The Balaban J connectivity index is 1.45. The largest absolute Gasteiger partial charge is 0.464 e. The molecule has 0 radical (unpaired) electrons. The highest BCUT2D eigenvalue weighted by Crippen LogP contribution is 2.61. The van der Waals surface area contributed by atoms with Crippen LogP contribution in [0.2, 0.25) is 0 Å². The Hall–Kier alpha value is -1.36. The third kappa shape index (κ3) is 3.96. The van der Waals surface area contributed by atoms with Crippen LogP contribution in [0, 0.1) is 29.6 Å². The van der Waals surface area contributed by atoms with Crippen LogP contribution in [0.1, 0.15) is 59.3 Å². The van der Waals surface area contributed by atoms with Crippen molar-refractivity contribution in [2.75, 3.05) is 6.61 Å². The van der Waals surface area contributed by atoms with E-state index in [2.05, 4.69) is 9.37 Å². The van der Waals surface area contributed by atoms with Crippen LogP contribution < -0.4 is 0 Å². The molecule has 0 aromatic carbocycles. The summed E-state index contributed by atoms with van der Waals surface area (Å²) in [5, 5.41) is 11.9. The Morgan fingerprint density at radius 1 is 1.26 bits per heavy atom. The smallest absolute Gasteiger partial charge is 0.324 e. The zero-order valence-electron chi connectivity index (χ0n) is 18.0. The van der Waals surface area contributed by atoms with E-state index in [-0.39, 0.29) is 42.4 Å². The minimum absolute atomic E-state index is 0.0339. The van der Waals surface area contributed by atoms with Gasteiger partial charge in [0.25, 0.3) is 0 Å². The van der Waals surface area contributed by atoms with Gasteiger partial charge in [0.05, 0.1) is 30.5 Å². The maximum absolute atomic E-state index is 13.3. The second-order valence-corrected chi connectivity index (χ2v) is 11.0. The first-order chi connectivity index (χ1) is 14.7. The van der Waals surface area contributed by atoms with Crippen molar-refractivity contribution in [3.8, 4) is 0 Å². The molecule has 2 bridgehead atoms. The quantitative estimate of drug-likeness (QED) is 0.182. The fourth-order valence-electron chi connectivity index (χ4n) is 6.04. The molecule has 4 aliphatic rings. The van der Waals surface area contributed by atoms with Crippen molar-refractivity contribution in [3.63, 3.8) is 0 Å². The third-order valence-electron chi connectivity index (χ3n) is 7.69. The highest BCUT2D eigenvalue weighted by atomic mass is 32.2. The van der Waals surface area contributed by atoms with Gasteiger partial charge in [-0.25, -0.2) is 5.26 Å². The summed E-state index contributed by atoms with van der Waals surface area (Å²) < 4.78 is 20.4. The SMILES string of the molecule is CCC1(OC(=O)C2C3CC4C(OC(=O)C42)C3COC(=O)C(C)(C)SOOO)CCCC1. The van der Waals surface area contributed by atoms with Gasteiger partial charge in [-0.15, -0.1) is 4.33 Å². The van der Waals surface area contributed by atoms with Crippen molar-refractivity contribution in [1.29, 1.82) is 0 Å². The van der Waals surface area contributed by atoms with Crippen LogP contribution in [0.5, 0.6) is 0 Å². The van der Waals surface area contributed by atoms with Gasteiger partial charge >= 0.3 is 17.9 Å². The van der Waals surface area contributed by atoms with E-state index >= 15 is 0 Å². The van der Waals surface area contributed by atoms with Gasteiger partial charge in [-0.05, 0) is 58.3 Å². The molecule has 0 aromatic heterocycles. The van der Waals surface area contributed by atoms with Crippen molar-refractivity contribution in [1.82, 2.24) is 0 Å². The number of carbonyl (C=O) groups excluding carboxylic acids is 3. The van der Waals surface area contributed by atoms with Crippen molar-refractivity contribution < 1.29 is 43.2 Å². The summed E-state index contributed by atoms with van der Waals surface area (Å²) in [5.74, 6) is -2.60. The number of fused-ring (bicyclic) bond motifs is 1. The van der Waals surface area contributed by atoms with Crippen LogP contribution in [0.25, 0.3) is 0 Å². The first-order valence-corrected chi connectivity index (χ1v) is 11.7. The van der Waals surface area contributed by atoms with Crippen LogP contribution >= 0.6 is 12.0 Å². The zero-order chi connectivity index (χ0) is 22.4. The molecule has 3 saturated carbocycles. The highest BCUT2D eigenvalue weighted by molar-refractivity contribution is 7.96. The number of rotatable bonds is 9. The number of hydrogen-bond donors (Lipinski definition) is 1. The third-order valence-corrected chi connectivity index (χ3v) is 8.40. The van der Waals surface area contributed by atoms with E-state index in [0.717, 1.165) is 32.1 Å². The van der Waals surface area contributed by atoms with Crippen LogP contribution in [-0.2, 0) is 38.0 Å². The predicted molar refractivity (Wildman–Crippen MR) is 107 cm³/mol. The van der Waals surface area contributed by atoms with Gasteiger partial charge in [-0.2, -0.15) is 0 Å².